The molecule has 0 aliphatic heterocycles. The van der Waals surface area contributed by atoms with Crippen LogP contribution in [0.1, 0.15) is 11.4 Å². The SMILES string of the molecule is Cc1ccc(-c2nc(Nc3n[nH]c(C)n3)c3ccc(-n4cccc4)cc3n2)cc1. The summed E-state index contributed by atoms with van der Waals surface area (Å²) in [6.45, 7) is 3.92. The highest BCUT2D eigenvalue weighted by molar-refractivity contribution is 5.93. The highest BCUT2D eigenvalue weighted by Gasteiger charge is 2.12. The Morgan fingerprint density at radius 2 is 1.69 bits per heavy atom. The molecule has 0 bridgehead atoms. The van der Waals surface area contributed by atoms with Crippen molar-refractivity contribution in [2.45, 2.75) is 13.8 Å². The Morgan fingerprint density at radius 1 is 0.897 bits per heavy atom. The number of benzene rings is 2. The Balaban J connectivity index is 1.68. The first-order valence-corrected chi connectivity index (χ1v) is 9.34. The van der Waals surface area contributed by atoms with Gasteiger partial charge in [0.1, 0.15) is 11.6 Å². The monoisotopic (exact) mass is 381 g/mol. The fourth-order valence-corrected chi connectivity index (χ4v) is 3.22. The van der Waals surface area contributed by atoms with Crippen molar-refractivity contribution in [3.63, 3.8) is 0 Å². The molecule has 0 fully saturated rings. The van der Waals surface area contributed by atoms with E-state index in [9.17, 15) is 0 Å². The second kappa shape index (κ2) is 6.87. The highest BCUT2D eigenvalue weighted by atomic mass is 15.3. The molecule has 2 aromatic carbocycles. The van der Waals surface area contributed by atoms with Crippen molar-refractivity contribution < 1.29 is 0 Å². The number of aryl methyl sites for hydroxylation is 2. The van der Waals surface area contributed by atoms with Crippen molar-refractivity contribution in [2.24, 2.45) is 0 Å². The van der Waals surface area contributed by atoms with Gasteiger partial charge < -0.3 is 9.88 Å². The van der Waals surface area contributed by atoms with Crippen LogP contribution in [0.3, 0.4) is 0 Å². The third-order valence-electron chi connectivity index (χ3n) is 4.72. The maximum atomic E-state index is 4.84. The number of aromatic amines is 1. The molecule has 0 radical (unpaired) electrons. The molecular weight excluding hydrogens is 362 g/mol. The zero-order valence-corrected chi connectivity index (χ0v) is 16.1. The van der Waals surface area contributed by atoms with Gasteiger partial charge in [-0.1, -0.05) is 29.8 Å². The molecule has 29 heavy (non-hydrogen) atoms. The molecule has 0 atom stereocenters. The minimum Gasteiger partial charge on any atom is -0.324 e. The van der Waals surface area contributed by atoms with Gasteiger partial charge in [0.25, 0.3) is 0 Å². The van der Waals surface area contributed by atoms with Gasteiger partial charge in [-0.25, -0.2) is 9.97 Å². The van der Waals surface area contributed by atoms with E-state index in [1.165, 1.54) is 5.56 Å². The van der Waals surface area contributed by atoms with E-state index in [1.54, 1.807) is 0 Å². The number of nitrogens with one attached hydrogen (secondary N) is 2. The summed E-state index contributed by atoms with van der Waals surface area (Å²) < 4.78 is 2.05. The average Bonchev–Trinajstić information content (AvgIpc) is 3.40. The Bertz CT molecular complexity index is 1290. The van der Waals surface area contributed by atoms with E-state index in [0.717, 1.165) is 28.0 Å². The zero-order chi connectivity index (χ0) is 19.8. The molecule has 0 saturated heterocycles. The van der Waals surface area contributed by atoms with Crippen molar-refractivity contribution in [3.05, 3.63) is 78.4 Å². The van der Waals surface area contributed by atoms with Crippen molar-refractivity contribution in [3.8, 4) is 17.1 Å². The Hall–Kier alpha value is -4.00. The molecule has 0 saturated carbocycles. The number of rotatable bonds is 4. The minimum atomic E-state index is 0.479. The van der Waals surface area contributed by atoms with Crippen LogP contribution in [0.5, 0.6) is 0 Å². The van der Waals surface area contributed by atoms with Crippen LogP contribution in [-0.2, 0) is 0 Å². The van der Waals surface area contributed by atoms with E-state index >= 15 is 0 Å². The Morgan fingerprint density at radius 3 is 2.41 bits per heavy atom. The van der Waals surface area contributed by atoms with Crippen LogP contribution in [0.2, 0.25) is 0 Å². The van der Waals surface area contributed by atoms with Gasteiger partial charge in [0.15, 0.2) is 5.82 Å². The minimum absolute atomic E-state index is 0.479. The number of nitrogens with zero attached hydrogens (tertiary/aromatic N) is 5. The summed E-state index contributed by atoms with van der Waals surface area (Å²) >= 11 is 0. The number of hydrogen-bond acceptors (Lipinski definition) is 5. The number of hydrogen-bond donors (Lipinski definition) is 2. The third kappa shape index (κ3) is 3.34. The second-order valence-electron chi connectivity index (χ2n) is 6.92. The number of fused-ring (bicyclic) bond motifs is 1. The van der Waals surface area contributed by atoms with Crippen LogP contribution in [0.25, 0.3) is 28.0 Å². The molecule has 0 aliphatic carbocycles. The normalized spacial score (nSPS) is 11.1. The summed E-state index contributed by atoms with van der Waals surface area (Å²) in [6, 6.07) is 18.3. The first-order chi connectivity index (χ1) is 14.2. The zero-order valence-electron chi connectivity index (χ0n) is 16.1. The molecule has 0 spiro atoms. The largest absolute Gasteiger partial charge is 0.324 e. The lowest BCUT2D eigenvalue weighted by atomic mass is 10.1. The van der Waals surface area contributed by atoms with Crippen molar-refractivity contribution >= 4 is 22.7 Å². The maximum Gasteiger partial charge on any atom is 0.247 e. The summed E-state index contributed by atoms with van der Waals surface area (Å²) in [5.41, 5.74) is 4.03. The van der Waals surface area contributed by atoms with Crippen molar-refractivity contribution in [2.75, 3.05) is 5.32 Å². The molecule has 3 heterocycles. The van der Waals surface area contributed by atoms with Crippen LogP contribution in [0.15, 0.2) is 67.0 Å². The number of anilines is 2. The molecule has 5 aromatic rings. The quantitative estimate of drug-likeness (QED) is 0.476. The van der Waals surface area contributed by atoms with Gasteiger partial charge in [-0.2, -0.15) is 4.98 Å². The molecule has 0 aliphatic rings. The van der Waals surface area contributed by atoms with Crippen LogP contribution in [0, 0.1) is 13.8 Å². The molecule has 2 N–H and O–H groups in total. The molecule has 142 valence electrons. The number of aromatic nitrogens is 6. The fraction of sp³-hybridized carbons (Fsp3) is 0.0909. The molecule has 7 heteroatoms. The summed E-state index contributed by atoms with van der Waals surface area (Å²) in [6.07, 6.45) is 4.03. The van der Waals surface area contributed by atoms with Crippen LogP contribution >= 0.6 is 0 Å². The lowest BCUT2D eigenvalue weighted by molar-refractivity contribution is 1.04. The maximum absolute atomic E-state index is 4.84. The Labute approximate surface area is 167 Å². The Kier molecular flexibility index (Phi) is 4.05. The van der Waals surface area contributed by atoms with E-state index in [0.29, 0.717) is 17.6 Å². The molecule has 5 rings (SSSR count). The van der Waals surface area contributed by atoms with Crippen LogP contribution in [-0.4, -0.2) is 29.7 Å². The van der Waals surface area contributed by atoms with Crippen molar-refractivity contribution in [1.29, 1.82) is 0 Å². The summed E-state index contributed by atoms with van der Waals surface area (Å²) in [5, 5.41) is 11.2. The number of H-pyrrole nitrogens is 1. The average molecular weight is 381 g/mol. The van der Waals surface area contributed by atoms with Gasteiger partial charge >= 0.3 is 0 Å². The van der Waals surface area contributed by atoms with Crippen LogP contribution < -0.4 is 5.32 Å². The van der Waals surface area contributed by atoms with Gasteiger partial charge in [-0.05, 0) is 44.2 Å². The van der Waals surface area contributed by atoms with E-state index < -0.39 is 0 Å². The van der Waals surface area contributed by atoms with E-state index in [4.69, 9.17) is 9.97 Å². The predicted octanol–water partition coefficient (Wildman–Crippen LogP) is 4.57. The predicted molar refractivity (Wildman–Crippen MR) is 113 cm³/mol. The van der Waals surface area contributed by atoms with E-state index in [1.807, 2.05) is 55.7 Å². The van der Waals surface area contributed by atoms with Gasteiger partial charge in [-0.3, -0.25) is 5.10 Å². The first-order valence-electron chi connectivity index (χ1n) is 9.34. The van der Waals surface area contributed by atoms with E-state index in [2.05, 4.69) is 50.2 Å². The fourth-order valence-electron chi connectivity index (χ4n) is 3.22. The summed E-state index contributed by atoms with van der Waals surface area (Å²) in [7, 11) is 0. The second-order valence-corrected chi connectivity index (χ2v) is 6.92. The summed E-state index contributed by atoms with van der Waals surface area (Å²) in [5.74, 6) is 2.53. The standard InChI is InChI=1S/C22H19N7/c1-14-5-7-16(8-6-14)20-24-19-13-17(29-11-3-4-12-29)9-10-18(19)21(25-20)26-22-23-15(2)27-28-22/h3-13H,1-2H3,(H2,23,24,25,26,27,28). The molecular formula is C22H19N7. The third-order valence-corrected chi connectivity index (χ3v) is 4.72. The van der Waals surface area contributed by atoms with Crippen molar-refractivity contribution in [1.82, 2.24) is 29.7 Å². The lowest BCUT2D eigenvalue weighted by Crippen LogP contribution is -2.01. The molecule has 7 nitrogen and oxygen atoms in total. The van der Waals surface area contributed by atoms with Gasteiger partial charge in [-0.15, -0.1) is 5.10 Å². The summed E-state index contributed by atoms with van der Waals surface area (Å²) in [4.78, 5) is 14.0. The van der Waals surface area contributed by atoms with Gasteiger partial charge in [0.05, 0.1) is 5.52 Å². The topological polar surface area (TPSA) is 84.3 Å². The molecule has 0 unspecified atom stereocenters. The smallest absolute Gasteiger partial charge is 0.247 e. The first kappa shape index (κ1) is 17.1. The van der Waals surface area contributed by atoms with Crippen LogP contribution in [0.4, 0.5) is 11.8 Å². The highest BCUT2D eigenvalue weighted by Crippen LogP contribution is 2.28. The van der Waals surface area contributed by atoms with Gasteiger partial charge in [0.2, 0.25) is 5.95 Å². The van der Waals surface area contributed by atoms with E-state index in [-0.39, 0.29) is 0 Å². The van der Waals surface area contributed by atoms with Gasteiger partial charge in [0, 0.05) is 29.0 Å². The molecule has 0 amide bonds. The lowest BCUT2D eigenvalue weighted by Gasteiger charge is -2.11. The molecule has 3 aromatic heterocycles.